The number of hydrogen-bond acceptors (Lipinski definition) is 8. The first-order valence-corrected chi connectivity index (χ1v) is 16.8. The van der Waals surface area contributed by atoms with Crippen LogP contribution in [0.15, 0.2) is 84.6 Å². The molecular weight excluding hydrogens is 743 g/mol. The number of halogens is 3. The van der Waals surface area contributed by atoms with Gasteiger partial charge in [-0.3, -0.25) is 9.36 Å². The number of allylic oxidation sites excluding steroid dienone is 1. The van der Waals surface area contributed by atoms with Gasteiger partial charge in [0.1, 0.15) is 18.2 Å². The van der Waals surface area contributed by atoms with Crippen molar-refractivity contribution in [2.45, 2.75) is 46.4 Å². The summed E-state index contributed by atoms with van der Waals surface area (Å²) in [7, 11) is 1.53. The number of benzene rings is 3. The van der Waals surface area contributed by atoms with Gasteiger partial charge in [0, 0.05) is 15.6 Å². The van der Waals surface area contributed by atoms with Gasteiger partial charge in [-0.05, 0) is 85.6 Å². The monoisotopic (exact) mass is 772 g/mol. The second kappa shape index (κ2) is 14.4. The molecule has 5 rings (SSSR count). The van der Waals surface area contributed by atoms with Crippen molar-refractivity contribution in [3.8, 4) is 17.2 Å². The zero-order valence-electron chi connectivity index (χ0n) is 25.7. The van der Waals surface area contributed by atoms with Crippen LogP contribution < -0.4 is 29.1 Å². The van der Waals surface area contributed by atoms with Crippen molar-refractivity contribution in [1.29, 1.82) is 0 Å². The average molecular weight is 775 g/mol. The van der Waals surface area contributed by atoms with E-state index in [1.54, 1.807) is 56.3 Å². The molecule has 2 heterocycles. The molecule has 0 unspecified atom stereocenters. The molecule has 1 atom stereocenters. The molecule has 0 N–H and O–H groups in total. The molecule has 1 aliphatic heterocycles. The van der Waals surface area contributed by atoms with E-state index in [1.807, 2.05) is 26.0 Å². The Balaban J connectivity index is 1.67. The number of carbonyl (C=O) groups excluding carboxylic acids is 1. The van der Waals surface area contributed by atoms with Crippen molar-refractivity contribution in [3.05, 3.63) is 117 Å². The van der Waals surface area contributed by atoms with Crippen LogP contribution in [0.1, 0.15) is 50.4 Å². The summed E-state index contributed by atoms with van der Waals surface area (Å²) >= 11 is 8.26. The molecule has 3 aromatic carbocycles. The number of ether oxygens (including phenoxy) is 4. The average Bonchev–Trinajstić information content (AvgIpc) is 3.30. The third-order valence-corrected chi connectivity index (χ3v) is 9.07. The zero-order valence-corrected chi connectivity index (χ0v) is 29.7. The van der Waals surface area contributed by atoms with E-state index in [0.29, 0.717) is 53.4 Å². The van der Waals surface area contributed by atoms with Gasteiger partial charge in [0.15, 0.2) is 16.3 Å². The standard InChI is InChI=1S/C34H31Br2FN2O6S/c1-6-43-33(41)29-19(4)38-34-39(30(29)20-11-12-26(45-18(2)3)27(14-20)42-5)32(40)28(46-34)15-22-13-23(35)16-24(36)31(22)44-17-21-9-7-8-10-25(21)37/h7-16,18,30H,6,17H2,1-5H3/b28-15+/t30-/m1/s1. The fraction of sp³-hybridized carbons (Fsp3) is 0.265. The first kappa shape index (κ1) is 33.6. The molecule has 0 spiro atoms. The van der Waals surface area contributed by atoms with Gasteiger partial charge in [-0.2, -0.15) is 0 Å². The van der Waals surface area contributed by atoms with E-state index in [-0.39, 0.29) is 36.3 Å². The van der Waals surface area contributed by atoms with Gasteiger partial charge in [0.25, 0.3) is 5.56 Å². The molecule has 12 heteroatoms. The van der Waals surface area contributed by atoms with Gasteiger partial charge in [-0.1, -0.05) is 51.5 Å². The maximum Gasteiger partial charge on any atom is 0.338 e. The first-order valence-electron chi connectivity index (χ1n) is 14.4. The van der Waals surface area contributed by atoms with E-state index < -0.39 is 12.0 Å². The van der Waals surface area contributed by atoms with Crippen LogP contribution in [0.4, 0.5) is 4.39 Å². The minimum Gasteiger partial charge on any atom is -0.493 e. The van der Waals surface area contributed by atoms with Crippen LogP contribution in [0.2, 0.25) is 0 Å². The molecule has 0 saturated heterocycles. The Morgan fingerprint density at radius 2 is 1.89 bits per heavy atom. The van der Waals surface area contributed by atoms with E-state index in [2.05, 4.69) is 36.9 Å². The molecule has 240 valence electrons. The second-order valence-corrected chi connectivity index (χ2v) is 13.3. The predicted molar refractivity (Wildman–Crippen MR) is 182 cm³/mol. The Morgan fingerprint density at radius 1 is 1.13 bits per heavy atom. The van der Waals surface area contributed by atoms with Crippen LogP contribution in [0, 0.1) is 5.82 Å². The number of nitrogens with zero attached hydrogens (tertiary/aromatic N) is 2. The minimum absolute atomic E-state index is 0.0184. The molecule has 0 amide bonds. The van der Waals surface area contributed by atoms with E-state index >= 15 is 0 Å². The Bertz CT molecular complexity index is 2020. The van der Waals surface area contributed by atoms with E-state index in [4.69, 9.17) is 18.9 Å². The van der Waals surface area contributed by atoms with Crippen molar-refractivity contribution < 1.29 is 28.1 Å². The highest BCUT2D eigenvalue weighted by atomic mass is 79.9. The van der Waals surface area contributed by atoms with Crippen LogP contribution in [0.3, 0.4) is 0 Å². The van der Waals surface area contributed by atoms with E-state index in [0.717, 1.165) is 4.47 Å². The summed E-state index contributed by atoms with van der Waals surface area (Å²) in [5.41, 5.74) is 1.93. The molecule has 0 fully saturated rings. The number of carbonyl (C=O) groups is 1. The predicted octanol–water partition coefficient (Wildman–Crippen LogP) is 6.84. The number of methoxy groups -OCH3 is 1. The lowest BCUT2D eigenvalue weighted by Crippen LogP contribution is -2.40. The third kappa shape index (κ3) is 6.98. The largest absolute Gasteiger partial charge is 0.493 e. The van der Waals surface area contributed by atoms with Crippen molar-refractivity contribution in [2.24, 2.45) is 4.99 Å². The van der Waals surface area contributed by atoms with Gasteiger partial charge in [-0.25, -0.2) is 14.2 Å². The van der Waals surface area contributed by atoms with Crippen molar-refractivity contribution in [1.82, 2.24) is 4.57 Å². The zero-order chi connectivity index (χ0) is 33.1. The van der Waals surface area contributed by atoms with Crippen LogP contribution in [0.25, 0.3) is 6.08 Å². The molecular formula is C34H31Br2FN2O6S. The summed E-state index contributed by atoms with van der Waals surface area (Å²) in [5, 5.41) is 0. The van der Waals surface area contributed by atoms with Gasteiger partial charge in [0.2, 0.25) is 0 Å². The smallest absolute Gasteiger partial charge is 0.338 e. The summed E-state index contributed by atoms with van der Waals surface area (Å²) in [5.74, 6) is 0.489. The lowest BCUT2D eigenvalue weighted by molar-refractivity contribution is -0.139. The molecule has 0 saturated carbocycles. The summed E-state index contributed by atoms with van der Waals surface area (Å²) in [6.07, 6.45) is 1.62. The highest BCUT2D eigenvalue weighted by Gasteiger charge is 2.34. The summed E-state index contributed by atoms with van der Waals surface area (Å²) in [4.78, 5) is 32.7. The fourth-order valence-corrected chi connectivity index (χ4v) is 7.47. The number of rotatable bonds is 10. The Hall–Kier alpha value is -3.74. The lowest BCUT2D eigenvalue weighted by atomic mass is 9.95. The van der Waals surface area contributed by atoms with Gasteiger partial charge >= 0.3 is 5.97 Å². The fourth-order valence-electron chi connectivity index (χ4n) is 5.06. The van der Waals surface area contributed by atoms with Gasteiger partial charge < -0.3 is 18.9 Å². The Morgan fingerprint density at radius 3 is 2.59 bits per heavy atom. The molecule has 1 aliphatic rings. The molecule has 0 radical (unpaired) electrons. The lowest BCUT2D eigenvalue weighted by Gasteiger charge is -2.25. The van der Waals surface area contributed by atoms with Crippen LogP contribution >= 0.6 is 43.2 Å². The quantitative estimate of drug-likeness (QED) is 0.164. The van der Waals surface area contributed by atoms with E-state index in [9.17, 15) is 14.0 Å². The normalized spacial score (nSPS) is 14.6. The molecule has 0 aliphatic carbocycles. The first-order chi connectivity index (χ1) is 22.0. The van der Waals surface area contributed by atoms with Gasteiger partial charge in [0.05, 0.1) is 46.1 Å². The Kier molecular flexibility index (Phi) is 10.5. The van der Waals surface area contributed by atoms with Crippen LogP contribution in [-0.2, 0) is 16.1 Å². The van der Waals surface area contributed by atoms with Crippen molar-refractivity contribution in [3.63, 3.8) is 0 Å². The number of fused-ring (bicyclic) bond motifs is 1. The molecule has 8 nitrogen and oxygen atoms in total. The number of esters is 1. The summed E-state index contributed by atoms with van der Waals surface area (Å²) < 4.78 is 40.6. The molecule has 1 aromatic heterocycles. The van der Waals surface area contributed by atoms with Crippen molar-refractivity contribution >= 4 is 55.2 Å². The summed E-state index contributed by atoms with van der Waals surface area (Å²) in [6.45, 7) is 7.41. The Labute approximate surface area is 286 Å². The molecule has 0 bridgehead atoms. The highest BCUT2D eigenvalue weighted by Crippen LogP contribution is 2.37. The maximum atomic E-state index is 14.3. The molecule has 4 aromatic rings. The topological polar surface area (TPSA) is 88.4 Å². The van der Waals surface area contributed by atoms with Crippen LogP contribution in [0.5, 0.6) is 17.2 Å². The number of hydrogen-bond donors (Lipinski definition) is 0. The highest BCUT2D eigenvalue weighted by molar-refractivity contribution is 9.11. The number of thiazole rings is 1. The van der Waals surface area contributed by atoms with Crippen LogP contribution in [-0.4, -0.2) is 30.4 Å². The third-order valence-electron chi connectivity index (χ3n) is 7.04. The van der Waals surface area contributed by atoms with Gasteiger partial charge in [-0.15, -0.1) is 0 Å². The van der Waals surface area contributed by atoms with Crippen molar-refractivity contribution in [2.75, 3.05) is 13.7 Å². The second-order valence-electron chi connectivity index (χ2n) is 10.6. The SMILES string of the molecule is CCOC(=O)C1=C(C)N=c2s/c(=C/c3cc(Br)cc(Br)c3OCc3ccccc3F)c(=O)n2[C@@H]1c1ccc(OC(C)C)c(OC)c1. The minimum atomic E-state index is -0.842. The van der Waals surface area contributed by atoms with E-state index in [1.165, 1.54) is 29.1 Å². The summed E-state index contributed by atoms with van der Waals surface area (Å²) in [6, 6.07) is 14.5. The number of aromatic nitrogens is 1. The maximum absolute atomic E-state index is 14.3. The molecule has 46 heavy (non-hydrogen) atoms.